The quantitative estimate of drug-likeness (QED) is 0.778. The van der Waals surface area contributed by atoms with Gasteiger partial charge in [0.15, 0.2) is 0 Å². The molecule has 0 aromatic heterocycles. The average molecular weight is 295 g/mol. The molecular formula is C14H28F3N3. The highest BCUT2D eigenvalue weighted by Gasteiger charge is 2.32. The van der Waals surface area contributed by atoms with Gasteiger partial charge in [-0.15, -0.1) is 0 Å². The van der Waals surface area contributed by atoms with E-state index in [0.29, 0.717) is 25.2 Å². The van der Waals surface area contributed by atoms with E-state index in [1.165, 1.54) is 4.90 Å². The molecule has 0 aliphatic carbocycles. The number of alkyl halides is 3. The van der Waals surface area contributed by atoms with E-state index in [1.54, 1.807) is 0 Å². The Labute approximate surface area is 120 Å². The Morgan fingerprint density at radius 3 is 2.20 bits per heavy atom. The third-order valence-electron chi connectivity index (χ3n) is 3.87. The van der Waals surface area contributed by atoms with Crippen LogP contribution in [0.1, 0.15) is 33.6 Å². The highest BCUT2D eigenvalue weighted by Crippen LogP contribution is 2.18. The van der Waals surface area contributed by atoms with Gasteiger partial charge in [-0.05, 0) is 33.2 Å². The standard InChI is InChI=1S/C14H28F3N3/c1-4-5-18-12(2)10-13(3)20-8-6-19(7-9-20)11-14(15,16)17/h12-13,18H,4-11H2,1-3H3. The summed E-state index contributed by atoms with van der Waals surface area (Å²) >= 11 is 0. The molecule has 0 aromatic carbocycles. The molecule has 1 rings (SSSR count). The van der Waals surface area contributed by atoms with Gasteiger partial charge in [-0.3, -0.25) is 9.80 Å². The molecule has 0 aromatic rings. The Balaban J connectivity index is 2.26. The fourth-order valence-electron chi connectivity index (χ4n) is 2.75. The van der Waals surface area contributed by atoms with Crippen molar-refractivity contribution < 1.29 is 13.2 Å². The van der Waals surface area contributed by atoms with E-state index >= 15 is 0 Å². The summed E-state index contributed by atoms with van der Waals surface area (Å²) in [6, 6.07) is 0.876. The molecule has 1 heterocycles. The molecule has 1 aliphatic heterocycles. The van der Waals surface area contributed by atoms with Gasteiger partial charge >= 0.3 is 6.18 Å². The number of hydrogen-bond acceptors (Lipinski definition) is 3. The van der Waals surface area contributed by atoms with Gasteiger partial charge in [-0.1, -0.05) is 6.92 Å². The summed E-state index contributed by atoms with van der Waals surface area (Å²) in [5.41, 5.74) is 0. The monoisotopic (exact) mass is 295 g/mol. The molecular weight excluding hydrogens is 267 g/mol. The van der Waals surface area contributed by atoms with Gasteiger partial charge in [0, 0.05) is 38.3 Å². The Hall–Kier alpha value is -0.330. The van der Waals surface area contributed by atoms with E-state index < -0.39 is 12.7 Å². The second-order valence-electron chi connectivity index (χ2n) is 5.87. The molecule has 0 bridgehead atoms. The van der Waals surface area contributed by atoms with Gasteiger partial charge in [-0.25, -0.2) is 0 Å². The highest BCUT2D eigenvalue weighted by molar-refractivity contribution is 4.79. The predicted molar refractivity (Wildman–Crippen MR) is 75.9 cm³/mol. The Morgan fingerprint density at radius 2 is 1.70 bits per heavy atom. The minimum atomic E-state index is -4.08. The summed E-state index contributed by atoms with van der Waals surface area (Å²) in [5.74, 6) is 0. The highest BCUT2D eigenvalue weighted by atomic mass is 19.4. The maximum atomic E-state index is 12.3. The van der Waals surface area contributed by atoms with E-state index in [9.17, 15) is 13.2 Å². The topological polar surface area (TPSA) is 18.5 Å². The number of nitrogens with zero attached hydrogens (tertiary/aromatic N) is 2. The minimum absolute atomic E-state index is 0.419. The van der Waals surface area contributed by atoms with Crippen LogP contribution in [0.2, 0.25) is 0 Å². The predicted octanol–water partition coefficient (Wildman–Crippen LogP) is 2.33. The molecule has 0 saturated carbocycles. The SMILES string of the molecule is CCCNC(C)CC(C)N1CCN(CC(F)(F)F)CC1. The lowest BCUT2D eigenvalue weighted by atomic mass is 10.1. The van der Waals surface area contributed by atoms with Gasteiger partial charge in [-0.2, -0.15) is 13.2 Å². The van der Waals surface area contributed by atoms with Crippen LogP contribution >= 0.6 is 0 Å². The molecule has 6 heteroatoms. The molecule has 2 atom stereocenters. The molecule has 1 N–H and O–H groups in total. The first kappa shape index (κ1) is 17.7. The van der Waals surface area contributed by atoms with Crippen molar-refractivity contribution in [2.45, 2.75) is 51.9 Å². The van der Waals surface area contributed by atoms with Crippen molar-refractivity contribution in [2.24, 2.45) is 0 Å². The summed E-state index contributed by atoms with van der Waals surface area (Å²) in [6.07, 6.45) is -1.92. The van der Waals surface area contributed by atoms with Gasteiger partial charge in [0.25, 0.3) is 0 Å². The van der Waals surface area contributed by atoms with Crippen LogP contribution in [0.4, 0.5) is 13.2 Å². The lowest BCUT2D eigenvalue weighted by Gasteiger charge is -2.39. The van der Waals surface area contributed by atoms with E-state index in [1.807, 2.05) is 0 Å². The maximum Gasteiger partial charge on any atom is 0.401 e. The van der Waals surface area contributed by atoms with Crippen LogP contribution in [0.25, 0.3) is 0 Å². The van der Waals surface area contributed by atoms with Gasteiger partial charge < -0.3 is 5.32 Å². The molecule has 20 heavy (non-hydrogen) atoms. The van der Waals surface area contributed by atoms with Crippen molar-refractivity contribution in [1.82, 2.24) is 15.1 Å². The first-order valence-corrected chi connectivity index (χ1v) is 7.58. The molecule has 1 saturated heterocycles. The van der Waals surface area contributed by atoms with Crippen molar-refractivity contribution in [3.63, 3.8) is 0 Å². The van der Waals surface area contributed by atoms with Gasteiger partial charge in [0.1, 0.15) is 0 Å². The van der Waals surface area contributed by atoms with E-state index in [2.05, 4.69) is 31.0 Å². The molecule has 1 fully saturated rings. The zero-order valence-electron chi connectivity index (χ0n) is 12.8. The fraction of sp³-hybridized carbons (Fsp3) is 1.00. The molecule has 120 valence electrons. The smallest absolute Gasteiger partial charge is 0.314 e. The minimum Gasteiger partial charge on any atom is -0.314 e. The Kier molecular flexibility index (Phi) is 7.26. The molecule has 1 aliphatic rings. The van der Waals surface area contributed by atoms with Crippen LogP contribution in [0, 0.1) is 0 Å². The Bertz CT molecular complexity index is 263. The summed E-state index contributed by atoms with van der Waals surface area (Å²) in [6.45, 7) is 9.23. The van der Waals surface area contributed by atoms with Crippen LogP contribution in [-0.4, -0.2) is 67.3 Å². The zero-order valence-corrected chi connectivity index (χ0v) is 12.8. The van der Waals surface area contributed by atoms with Crippen LogP contribution in [0.3, 0.4) is 0 Å². The van der Waals surface area contributed by atoms with Gasteiger partial charge in [0.2, 0.25) is 0 Å². The second-order valence-corrected chi connectivity index (χ2v) is 5.87. The normalized spacial score (nSPS) is 21.9. The van der Waals surface area contributed by atoms with Crippen LogP contribution in [0.15, 0.2) is 0 Å². The molecule has 3 nitrogen and oxygen atoms in total. The first-order valence-electron chi connectivity index (χ1n) is 7.58. The van der Waals surface area contributed by atoms with Crippen molar-refractivity contribution in [3.05, 3.63) is 0 Å². The first-order chi connectivity index (χ1) is 9.31. The third kappa shape index (κ3) is 6.90. The van der Waals surface area contributed by atoms with E-state index in [0.717, 1.165) is 32.5 Å². The number of halogens is 3. The maximum absolute atomic E-state index is 12.3. The van der Waals surface area contributed by atoms with Gasteiger partial charge in [0.05, 0.1) is 6.54 Å². The lowest BCUT2D eigenvalue weighted by Crippen LogP contribution is -2.52. The number of piperazine rings is 1. The van der Waals surface area contributed by atoms with E-state index in [-0.39, 0.29) is 0 Å². The zero-order chi connectivity index (χ0) is 15.2. The summed E-state index contributed by atoms with van der Waals surface area (Å²) in [5, 5.41) is 3.46. The number of hydrogen-bond donors (Lipinski definition) is 1. The lowest BCUT2D eigenvalue weighted by molar-refractivity contribution is -0.149. The van der Waals surface area contributed by atoms with E-state index in [4.69, 9.17) is 0 Å². The van der Waals surface area contributed by atoms with Crippen molar-refractivity contribution in [1.29, 1.82) is 0 Å². The van der Waals surface area contributed by atoms with Crippen LogP contribution in [0.5, 0.6) is 0 Å². The molecule has 0 amide bonds. The largest absolute Gasteiger partial charge is 0.401 e. The van der Waals surface area contributed by atoms with Crippen molar-refractivity contribution in [3.8, 4) is 0 Å². The summed E-state index contributed by atoms with van der Waals surface area (Å²) < 4.78 is 37.0. The fourth-order valence-corrected chi connectivity index (χ4v) is 2.75. The molecule has 0 spiro atoms. The average Bonchev–Trinajstić information content (AvgIpc) is 2.35. The van der Waals surface area contributed by atoms with Crippen molar-refractivity contribution >= 4 is 0 Å². The third-order valence-corrected chi connectivity index (χ3v) is 3.87. The number of nitrogens with one attached hydrogen (secondary N) is 1. The second kappa shape index (κ2) is 8.20. The molecule has 0 radical (unpaired) electrons. The van der Waals surface area contributed by atoms with Crippen LogP contribution < -0.4 is 5.32 Å². The summed E-state index contributed by atoms with van der Waals surface area (Å²) in [4.78, 5) is 3.80. The van der Waals surface area contributed by atoms with Crippen molar-refractivity contribution in [2.75, 3.05) is 39.3 Å². The molecule has 2 unspecified atom stereocenters. The van der Waals surface area contributed by atoms with Crippen LogP contribution in [-0.2, 0) is 0 Å². The number of rotatable bonds is 7. The Morgan fingerprint density at radius 1 is 1.10 bits per heavy atom. The summed E-state index contributed by atoms with van der Waals surface area (Å²) in [7, 11) is 0.